The van der Waals surface area contributed by atoms with Gasteiger partial charge < -0.3 is 33.9 Å². The Bertz CT molecular complexity index is 2180. The van der Waals surface area contributed by atoms with E-state index in [0.717, 1.165) is 42.6 Å². The van der Waals surface area contributed by atoms with Gasteiger partial charge in [0.15, 0.2) is 13.7 Å². The van der Waals surface area contributed by atoms with Gasteiger partial charge in [-0.2, -0.15) is 4.98 Å². The first-order valence-electron chi connectivity index (χ1n) is 19.5. The van der Waals surface area contributed by atoms with Gasteiger partial charge >= 0.3 is 5.69 Å². The van der Waals surface area contributed by atoms with Gasteiger partial charge in [0.1, 0.15) is 40.7 Å². The van der Waals surface area contributed by atoms with Gasteiger partial charge in [0, 0.05) is 36.4 Å². The second kappa shape index (κ2) is 18.6. The van der Waals surface area contributed by atoms with E-state index in [1.807, 2.05) is 97.1 Å². The van der Waals surface area contributed by atoms with Gasteiger partial charge in [-0.3, -0.25) is 14.0 Å². The number of thioether (sulfide) groups is 1. The predicted octanol–water partition coefficient (Wildman–Crippen LogP) is 7.53. The van der Waals surface area contributed by atoms with Crippen LogP contribution in [0.2, 0.25) is 0 Å². The Morgan fingerprint density at radius 1 is 0.864 bits per heavy atom. The van der Waals surface area contributed by atoms with Crippen LogP contribution in [-0.4, -0.2) is 89.2 Å². The average Bonchev–Trinajstić information content (AvgIpc) is 4.01. The number of carbonyl (C=O) groups is 1. The molecule has 2 N–H and O–H groups in total. The summed E-state index contributed by atoms with van der Waals surface area (Å²) in [7, 11) is 2.06. The van der Waals surface area contributed by atoms with E-state index >= 15 is 0 Å². The van der Waals surface area contributed by atoms with Gasteiger partial charge in [-0.05, 0) is 59.9 Å². The van der Waals surface area contributed by atoms with Gasteiger partial charge in [-0.1, -0.05) is 108 Å². The summed E-state index contributed by atoms with van der Waals surface area (Å²) < 4.78 is 43.2. The predicted molar refractivity (Wildman–Crippen MR) is 232 cm³/mol. The van der Waals surface area contributed by atoms with Gasteiger partial charge in [0.25, 0.3) is 0 Å². The third-order valence-corrected chi connectivity index (χ3v) is 16.1. The molecule has 4 aromatic carbocycles. The van der Waals surface area contributed by atoms with Crippen LogP contribution in [0.1, 0.15) is 46.1 Å². The molecule has 0 spiro atoms. The van der Waals surface area contributed by atoms with Gasteiger partial charge in [0.05, 0.1) is 27.4 Å². The van der Waals surface area contributed by atoms with Crippen molar-refractivity contribution < 1.29 is 33.0 Å². The lowest BCUT2D eigenvalue weighted by atomic mass is 9.79. The van der Waals surface area contributed by atoms with Gasteiger partial charge in [-0.15, -0.1) is 0 Å². The number of anilines is 1. The topological polar surface area (TPSA) is 137 Å². The lowest BCUT2D eigenvalue weighted by Gasteiger charge is -2.40. The molecule has 0 aliphatic carbocycles. The maximum atomic E-state index is 13.4. The number of hydrogen-bond acceptors (Lipinski definition) is 13. The second-order valence-corrected chi connectivity index (χ2v) is 19.1. The molecule has 5 atom stereocenters. The van der Waals surface area contributed by atoms with E-state index in [-0.39, 0.29) is 24.1 Å². The number of aromatic nitrogens is 2. The molecule has 3 fully saturated rings. The Hall–Kier alpha value is -4.24. The Labute approximate surface area is 353 Å². The van der Waals surface area contributed by atoms with Crippen molar-refractivity contribution in [3.8, 4) is 11.5 Å². The minimum absolute atomic E-state index is 0.0318. The summed E-state index contributed by atoms with van der Waals surface area (Å²) in [5, 5.41) is 0.0466. The number of fused-ring (bicyclic) bond motifs is 2. The fourth-order valence-corrected chi connectivity index (χ4v) is 13.2. The molecule has 308 valence electrons. The van der Waals surface area contributed by atoms with Crippen LogP contribution in [0.3, 0.4) is 0 Å². The number of rotatable bonds is 17. The monoisotopic (exact) mass is 854 g/mol. The molecule has 5 aromatic rings. The van der Waals surface area contributed by atoms with Crippen molar-refractivity contribution in [2.45, 2.75) is 42.5 Å². The summed E-state index contributed by atoms with van der Waals surface area (Å²) in [5.74, 6) is 2.87. The molecule has 3 saturated heterocycles. The molecule has 59 heavy (non-hydrogen) atoms. The molecule has 3 aliphatic heterocycles. The van der Waals surface area contributed by atoms with Crippen LogP contribution in [0, 0.1) is 0 Å². The summed E-state index contributed by atoms with van der Waals surface area (Å²) in [6, 6.07) is 36.7. The molecular weight excluding hydrogens is 808 g/mol. The van der Waals surface area contributed by atoms with Crippen LogP contribution < -0.4 is 20.9 Å². The van der Waals surface area contributed by atoms with Crippen LogP contribution in [0.5, 0.6) is 11.5 Å². The maximum absolute atomic E-state index is 13.4. The van der Waals surface area contributed by atoms with Crippen molar-refractivity contribution in [2.24, 2.45) is 0 Å². The fraction of sp³-hybridized carbons (Fsp3) is 0.341. The third kappa shape index (κ3) is 8.69. The molecule has 3 aliphatic rings. The molecule has 0 saturated carbocycles. The summed E-state index contributed by atoms with van der Waals surface area (Å²) in [5.41, 5.74) is 6.39. The van der Waals surface area contributed by atoms with Crippen molar-refractivity contribution in [1.82, 2.24) is 14.2 Å². The average molecular weight is 855 g/mol. The summed E-state index contributed by atoms with van der Waals surface area (Å²) in [6.07, 6.45) is 1.58. The number of nitrogens with zero attached hydrogens (tertiary/aromatic N) is 3. The smallest absolute Gasteiger partial charge is 0.351 e. The third-order valence-electron chi connectivity index (χ3n) is 10.9. The first-order valence-corrected chi connectivity index (χ1v) is 23.3. The molecule has 3 unspecified atom stereocenters. The first-order chi connectivity index (χ1) is 28.8. The van der Waals surface area contributed by atoms with Crippen LogP contribution >= 0.6 is 30.6 Å². The van der Waals surface area contributed by atoms with Crippen molar-refractivity contribution in [2.75, 3.05) is 57.8 Å². The molecule has 1 aromatic heterocycles. The minimum Gasteiger partial charge on any atom is -0.497 e. The van der Waals surface area contributed by atoms with E-state index in [1.54, 1.807) is 37.9 Å². The SMILES string of the molecule is COc1ccc(C(OC[C@]23COC(C2OP(SCCSC(=O)c2ccccc2)N2CCCC2)[C@H](n2ccc(N)nc2=O)O3)(c2ccccc2)c2ccc(OC)cc2)cc1. The largest absolute Gasteiger partial charge is 0.497 e. The van der Waals surface area contributed by atoms with E-state index < -0.39 is 42.8 Å². The number of ether oxygens (including phenoxy) is 5. The number of methoxy groups -OCH3 is 2. The van der Waals surface area contributed by atoms with Crippen molar-refractivity contribution >= 4 is 41.6 Å². The maximum Gasteiger partial charge on any atom is 0.351 e. The summed E-state index contributed by atoms with van der Waals surface area (Å²) >= 11 is 3.03. The number of carbonyl (C=O) groups excluding carboxylic acids is 1. The van der Waals surface area contributed by atoms with E-state index in [0.29, 0.717) is 28.6 Å². The highest BCUT2D eigenvalue weighted by atomic mass is 32.7. The van der Waals surface area contributed by atoms with Crippen molar-refractivity contribution in [3.63, 3.8) is 0 Å². The van der Waals surface area contributed by atoms with E-state index in [1.165, 1.54) is 16.3 Å². The standard InChI is InChI=1S/C44H47N4O8PS2/c1-51-35-19-15-33(16-20-35)44(32-13-7-4-8-14-32,34-17-21-36(52-2)22-18-34)54-30-43-29-53-38(40(55-43)48-26-23-37(45)46-42(48)50)39(43)56-57(47-24-9-10-25-47)59-28-27-58-41(49)31-11-5-3-6-12-31/h3-8,11-23,26,38-40H,9-10,24-25,27-30H2,1-2H3,(H2,45,46,50)/t38?,39?,40-,43-,57?/m1/s1. The quantitative estimate of drug-likeness (QED) is 0.0561. The lowest BCUT2D eigenvalue weighted by Crippen LogP contribution is -2.49. The highest BCUT2D eigenvalue weighted by molar-refractivity contribution is 8.53. The highest BCUT2D eigenvalue weighted by Crippen LogP contribution is 2.61. The summed E-state index contributed by atoms with van der Waals surface area (Å²) in [6.45, 7) is 1.99. The molecule has 2 bridgehead atoms. The molecular formula is C44H47N4O8PS2. The van der Waals surface area contributed by atoms with E-state index in [2.05, 4.69) is 21.8 Å². The number of benzene rings is 4. The van der Waals surface area contributed by atoms with Crippen LogP contribution in [0.25, 0.3) is 0 Å². The molecule has 8 rings (SSSR count). The van der Waals surface area contributed by atoms with Crippen molar-refractivity contribution in [3.05, 3.63) is 154 Å². The Morgan fingerprint density at radius 2 is 1.47 bits per heavy atom. The van der Waals surface area contributed by atoms with Gasteiger partial charge in [-0.25, -0.2) is 4.79 Å². The molecule has 12 nitrogen and oxygen atoms in total. The normalized spacial score (nSPS) is 22.0. The van der Waals surface area contributed by atoms with Gasteiger partial charge in [0.2, 0.25) is 5.12 Å². The minimum atomic E-state index is -1.23. The van der Waals surface area contributed by atoms with Crippen LogP contribution in [0.4, 0.5) is 5.82 Å². The Morgan fingerprint density at radius 3 is 2.08 bits per heavy atom. The zero-order valence-corrected chi connectivity index (χ0v) is 35.4. The Kier molecular flexibility index (Phi) is 13.1. The second-order valence-electron chi connectivity index (χ2n) is 14.4. The highest BCUT2D eigenvalue weighted by Gasteiger charge is 2.65. The van der Waals surface area contributed by atoms with Crippen LogP contribution in [0.15, 0.2) is 126 Å². The molecule has 15 heteroatoms. The number of nitrogens with two attached hydrogens (primary N) is 1. The fourth-order valence-electron chi connectivity index (χ4n) is 7.85. The lowest BCUT2D eigenvalue weighted by molar-refractivity contribution is -0.203. The Balaban J connectivity index is 1.15. The molecule has 0 radical (unpaired) electrons. The van der Waals surface area contributed by atoms with E-state index in [4.69, 9.17) is 33.9 Å². The molecule has 0 amide bonds. The zero-order valence-electron chi connectivity index (χ0n) is 32.9. The van der Waals surface area contributed by atoms with Crippen molar-refractivity contribution in [1.29, 1.82) is 0 Å². The summed E-state index contributed by atoms with van der Waals surface area (Å²) in [4.78, 5) is 30.3. The molecule has 4 heterocycles. The number of hydrogen-bond donors (Lipinski definition) is 1. The number of nitrogen functional groups attached to an aromatic ring is 1. The van der Waals surface area contributed by atoms with E-state index in [9.17, 15) is 9.59 Å². The van der Waals surface area contributed by atoms with Crippen LogP contribution in [-0.2, 0) is 24.3 Å². The first kappa shape index (κ1) is 41.5. The zero-order chi connectivity index (χ0) is 40.8.